The molecule has 1 unspecified atom stereocenters. The smallest absolute Gasteiger partial charge is 0.269 e. The van der Waals surface area contributed by atoms with E-state index in [1.54, 1.807) is 0 Å². The third kappa shape index (κ3) is 4.30. The summed E-state index contributed by atoms with van der Waals surface area (Å²) in [6, 6.07) is 17.9. The van der Waals surface area contributed by atoms with Crippen LogP contribution in [0.1, 0.15) is 18.1 Å². The number of aliphatic hydroxyl groups is 1. The van der Waals surface area contributed by atoms with Crippen LogP contribution in [0.2, 0.25) is 0 Å². The molecule has 2 N–H and O–H groups in total. The zero-order valence-electron chi connectivity index (χ0n) is 14.3. The molecule has 0 aliphatic rings. The Morgan fingerprint density at radius 3 is 2.37 bits per heavy atom. The average molecular weight is 386 g/mol. The molecule has 0 fully saturated rings. The molecule has 3 aromatic rings. The molecule has 0 saturated heterocycles. The molecule has 1 atom stereocenters. The minimum Gasteiger partial charge on any atom is -0.388 e. The molecular formula is C19H18N2O5S. The van der Waals surface area contributed by atoms with Gasteiger partial charge in [-0.2, -0.15) is 0 Å². The van der Waals surface area contributed by atoms with Gasteiger partial charge in [-0.05, 0) is 34.9 Å². The molecule has 140 valence electrons. The summed E-state index contributed by atoms with van der Waals surface area (Å²) < 4.78 is 27.0. The largest absolute Gasteiger partial charge is 0.388 e. The van der Waals surface area contributed by atoms with Gasteiger partial charge in [0.05, 0.1) is 15.9 Å². The summed E-state index contributed by atoms with van der Waals surface area (Å²) >= 11 is 0. The summed E-state index contributed by atoms with van der Waals surface area (Å²) in [6.45, 7) is 0.0315. The number of hydrogen-bond acceptors (Lipinski definition) is 5. The Hall–Kier alpha value is -2.81. The van der Waals surface area contributed by atoms with E-state index in [9.17, 15) is 23.6 Å². The van der Waals surface area contributed by atoms with Crippen LogP contribution in [-0.2, 0) is 10.0 Å². The topological polar surface area (TPSA) is 110 Å². The number of benzene rings is 3. The summed E-state index contributed by atoms with van der Waals surface area (Å²) in [4.78, 5) is 9.99. The zero-order chi connectivity index (χ0) is 19.4. The highest BCUT2D eigenvalue weighted by molar-refractivity contribution is 7.89. The molecule has 0 heterocycles. The highest BCUT2D eigenvalue weighted by Gasteiger charge is 2.17. The molecule has 7 nitrogen and oxygen atoms in total. The number of nitrogens with one attached hydrogen (secondary N) is 1. The predicted molar refractivity (Wildman–Crippen MR) is 102 cm³/mol. The van der Waals surface area contributed by atoms with Crippen LogP contribution in [-0.4, -0.2) is 25.0 Å². The van der Waals surface area contributed by atoms with E-state index in [4.69, 9.17) is 0 Å². The highest BCUT2D eigenvalue weighted by atomic mass is 32.2. The van der Waals surface area contributed by atoms with Gasteiger partial charge >= 0.3 is 0 Å². The molecule has 0 bridgehead atoms. The fourth-order valence-corrected chi connectivity index (χ4v) is 3.90. The molecule has 0 aliphatic carbocycles. The van der Waals surface area contributed by atoms with Gasteiger partial charge in [-0.25, -0.2) is 13.1 Å². The second kappa shape index (κ2) is 7.83. The van der Waals surface area contributed by atoms with Crippen LogP contribution in [0.25, 0.3) is 10.8 Å². The zero-order valence-corrected chi connectivity index (χ0v) is 15.1. The van der Waals surface area contributed by atoms with Crippen molar-refractivity contribution in [2.45, 2.75) is 17.4 Å². The molecule has 0 aromatic heterocycles. The van der Waals surface area contributed by atoms with Crippen LogP contribution in [0.15, 0.2) is 71.6 Å². The number of nitrogens with zero attached hydrogens (tertiary/aromatic N) is 1. The Morgan fingerprint density at radius 1 is 1.00 bits per heavy atom. The van der Waals surface area contributed by atoms with E-state index < -0.39 is 21.1 Å². The molecule has 0 aliphatic heterocycles. The van der Waals surface area contributed by atoms with Crippen molar-refractivity contribution in [3.63, 3.8) is 0 Å². The van der Waals surface area contributed by atoms with Crippen molar-refractivity contribution in [2.24, 2.45) is 0 Å². The van der Waals surface area contributed by atoms with Crippen LogP contribution in [0.3, 0.4) is 0 Å². The third-order valence-corrected chi connectivity index (χ3v) is 5.73. The van der Waals surface area contributed by atoms with Gasteiger partial charge in [-0.3, -0.25) is 10.1 Å². The van der Waals surface area contributed by atoms with Crippen molar-refractivity contribution in [2.75, 3.05) is 6.54 Å². The maximum atomic E-state index is 12.3. The monoisotopic (exact) mass is 386 g/mol. The van der Waals surface area contributed by atoms with Gasteiger partial charge in [0.2, 0.25) is 10.0 Å². The summed E-state index contributed by atoms with van der Waals surface area (Å²) in [5.74, 6) is 0. The van der Waals surface area contributed by atoms with Crippen molar-refractivity contribution >= 4 is 26.5 Å². The maximum Gasteiger partial charge on any atom is 0.269 e. The fourth-order valence-electron chi connectivity index (χ4n) is 2.86. The Morgan fingerprint density at radius 2 is 1.67 bits per heavy atom. The van der Waals surface area contributed by atoms with E-state index in [2.05, 4.69) is 4.72 Å². The first-order chi connectivity index (χ1) is 12.9. The van der Waals surface area contributed by atoms with Crippen molar-refractivity contribution in [1.82, 2.24) is 4.72 Å². The average Bonchev–Trinajstić information content (AvgIpc) is 2.67. The van der Waals surface area contributed by atoms with E-state index >= 15 is 0 Å². The van der Waals surface area contributed by atoms with E-state index in [0.29, 0.717) is 0 Å². The number of hydrogen-bond donors (Lipinski definition) is 2. The molecule has 8 heteroatoms. The number of sulfonamides is 1. The molecule has 3 aromatic carbocycles. The van der Waals surface area contributed by atoms with Crippen LogP contribution in [0.4, 0.5) is 5.69 Å². The lowest BCUT2D eigenvalue weighted by Crippen LogP contribution is -2.26. The summed E-state index contributed by atoms with van der Waals surface area (Å²) in [6.07, 6.45) is -0.629. The van der Waals surface area contributed by atoms with Crippen LogP contribution in [0, 0.1) is 10.1 Å². The number of nitro benzene ring substituents is 1. The van der Waals surface area contributed by atoms with Crippen LogP contribution >= 0.6 is 0 Å². The molecule has 3 rings (SSSR count). The predicted octanol–water partition coefficient (Wildman–Crippen LogP) is 3.15. The first kappa shape index (κ1) is 19.0. The number of non-ortho nitro benzene ring substituents is 1. The number of aliphatic hydroxyl groups excluding tert-OH is 1. The van der Waals surface area contributed by atoms with E-state index in [1.807, 2.05) is 42.5 Å². The maximum absolute atomic E-state index is 12.3. The van der Waals surface area contributed by atoms with E-state index in [-0.39, 0.29) is 23.5 Å². The quantitative estimate of drug-likeness (QED) is 0.479. The Bertz CT molecular complexity index is 1060. The minimum absolute atomic E-state index is 0.0315. The van der Waals surface area contributed by atoms with Crippen LogP contribution in [0.5, 0.6) is 0 Å². The van der Waals surface area contributed by atoms with E-state index in [0.717, 1.165) is 28.5 Å². The third-order valence-electron chi connectivity index (χ3n) is 4.25. The lowest BCUT2D eigenvalue weighted by atomic mass is 9.99. The number of rotatable bonds is 7. The Labute approximate surface area is 156 Å². The number of nitro groups is 1. The van der Waals surface area contributed by atoms with Gasteiger partial charge in [-0.1, -0.05) is 42.5 Å². The van der Waals surface area contributed by atoms with Crippen molar-refractivity contribution in [3.05, 3.63) is 82.4 Å². The van der Waals surface area contributed by atoms with Crippen molar-refractivity contribution < 1.29 is 18.4 Å². The summed E-state index contributed by atoms with van der Waals surface area (Å²) in [5.41, 5.74) is 0.558. The summed E-state index contributed by atoms with van der Waals surface area (Å²) in [5, 5.41) is 23.0. The van der Waals surface area contributed by atoms with Gasteiger partial charge in [0.1, 0.15) is 0 Å². The molecule has 0 saturated carbocycles. The lowest BCUT2D eigenvalue weighted by molar-refractivity contribution is -0.384. The fraction of sp³-hybridized carbons (Fsp3) is 0.158. The molecular weight excluding hydrogens is 368 g/mol. The van der Waals surface area contributed by atoms with Gasteiger partial charge in [0, 0.05) is 18.7 Å². The molecule has 0 radical (unpaired) electrons. The Kier molecular flexibility index (Phi) is 5.50. The van der Waals surface area contributed by atoms with E-state index in [1.165, 1.54) is 12.1 Å². The number of fused-ring (bicyclic) bond motifs is 1. The first-order valence-electron chi connectivity index (χ1n) is 8.28. The van der Waals surface area contributed by atoms with Gasteiger partial charge in [0.25, 0.3) is 5.69 Å². The lowest BCUT2D eigenvalue weighted by Gasteiger charge is -2.14. The normalized spacial score (nSPS) is 12.8. The van der Waals surface area contributed by atoms with Gasteiger partial charge in [-0.15, -0.1) is 0 Å². The van der Waals surface area contributed by atoms with Gasteiger partial charge in [0.15, 0.2) is 0 Å². The summed E-state index contributed by atoms with van der Waals surface area (Å²) in [7, 11) is -3.81. The Balaban J connectivity index is 1.67. The molecule has 0 spiro atoms. The highest BCUT2D eigenvalue weighted by Crippen LogP contribution is 2.26. The standard InChI is InChI=1S/C19H18N2O5S/c22-19(18-7-3-5-14-4-1-2-6-17(14)18)12-13-20-27(25,26)16-10-8-15(9-11-16)21(23)24/h1-11,19-20,22H,12-13H2. The van der Waals surface area contributed by atoms with Gasteiger partial charge < -0.3 is 5.11 Å². The second-order valence-corrected chi connectivity index (χ2v) is 7.79. The second-order valence-electron chi connectivity index (χ2n) is 6.02. The van der Waals surface area contributed by atoms with Crippen molar-refractivity contribution in [1.29, 1.82) is 0 Å². The van der Waals surface area contributed by atoms with Crippen LogP contribution < -0.4 is 4.72 Å². The molecule has 27 heavy (non-hydrogen) atoms. The minimum atomic E-state index is -3.81. The SMILES string of the molecule is O=[N+]([O-])c1ccc(S(=O)(=O)NCCC(O)c2cccc3ccccc23)cc1. The van der Waals surface area contributed by atoms with Crippen molar-refractivity contribution in [3.8, 4) is 0 Å². The first-order valence-corrected chi connectivity index (χ1v) is 9.76. The molecule has 0 amide bonds.